The fourth-order valence-corrected chi connectivity index (χ4v) is 3.00. The monoisotopic (exact) mass is 339 g/mol. The number of ether oxygens (including phenoxy) is 1. The summed E-state index contributed by atoms with van der Waals surface area (Å²) in [4.78, 5) is 4.61. The lowest BCUT2D eigenvalue weighted by molar-refractivity contribution is 0.304. The second kappa shape index (κ2) is 10.9. The molecule has 0 saturated carbocycles. The van der Waals surface area contributed by atoms with Gasteiger partial charge < -0.3 is 4.74 Å². The number of aromatic nitrogens is 1. The molecule has 1 unspecified atom stereocenters. The first kappa shape index (κ1) is 19.5. The fourth-order valence-electron chi connectivity index (χ4n) is 3.00. The number of rotatable bonds is 11. The van der Waals surface area contributed by atoms with Gasteiger partial charge in [-0.25, -0.2) is 0 Å². The van der Waals surface area contributed by atoms with Crippen molar-refractivity contribution in [3.05, 3.63) is 59.4 Å². The number of aryl methyl sites for hydroxylation is 1. The van der Waals surface area contributed by atoms with E-state index in [-0.39, 0.29) is 0 Å². The molecule has 2 heteroatoms. The van der Waals surface area contributed by atoms with Gasteiger partial charge in [0.25, 0.3) is 0 Å². The minimum absolute atomic E-state index is 0.304. The molecule has 136 valence electrons. The Labute approximate surface area is 153 Å². The van der Waals surface area contributed by atoms with Crippen molar-refractivity contribution in [3.8, 4) is 5.75 Å². The Morgan fingerprint density at radius 3 is 2.24 bits per heavy atom. The average molecular weight is 340 g/mol. The largest absolute Gasteiger partial charge is 0.494 e. The molecule has 1 aromatic carbocycles. The first-order valence-corrected chi connectivity index (χ1v) is 9.92. The molecule has 0 spiro atoms. The first-order valence-electron chi connectivity index (χ1n) is 9.92. The summed E-state index contributed by atoms with van der Waals surface area (Å²) in [6.45, 7) is 7.44. The van der Waals surface area contributed by atoms with Gasteiger partial charge in [0.1, 0.15) is 5.75 Å². The predicted molar refractivity (Wildman–Crippen MR) is 106 cm³/mol. The zero-order valence-corrected chi connectivity index (χ0v) is 16.1. The molecule has 25 heavy (non-hydrogen) atoms. The van der Waals surface area contributed by atoms with Crippen LogP contribution >= 0.6 is 0 Å². The van der Waals surface area contributed by atoms with Crippen LogP contribution in [0.2, 0.25) is 0 Å². The van der Waals surface area contributed by atoms with E-state index < -0.39 is 0 Å². The van der Waals surface area contributed by atoms with E-state index in [2.05, 4.69) is 62.2 Å². The van der Waals surface area contributed by atoms with Crippen molar-refractivity contribution in [1.29, 1.82) is 0 Å². The highest BCUT2D eigenvalue weighted by atomic mass is 16.5. The van der Waals surface area contributed by atoms with Gasteiger partial charge in [0.05, 0.1) is 6.61 Å². The van der Waals surface area contributed by atoms with Gasteiger partial charge in [-0.2, -0.15) is 0 Å². The molecule has 1 atom stereocenters. The first-order chi connectivity index (χ1) is 12.2. The van der Waals surface area contributed by atoms with Crippen LogP contribution in [0.1, 0.15) is 82.0 Å². The van der Waals surface area contributed by atoms with E-state index in [1.54, 1.807) is 0 Å². The van der Waals surface area contributed by atoms with Crippen LogP contribution in [0.25, 0.3) is 0 Å². The minimum atomic E-state index is 0.304. The number of unbranched alkanes of at least 4 members (excludes halogenated alkanes) is 5. The average Bonchev–Trinajstić information content (AvgIpc) is 2.67. The summed E-state index contributed by atoms with van der Waals surface area (Å²) in [5, 5.41) is 0. The third-order valence-corrected chi connectivity index (χ3v) is 4.85. The zero-order chi connectivity index (χ0) is 17.9. The molecular weight excluding hydrogens is 306 g/mol. The maximum Gasteiger partial charge on any atom is 0.119 e. The Balaban J connectivity index is 1.78. The number of nitrogens with zero attached hydrogens (tertiary/aromatic N) is 1. The van der Waals surface area contributed by atoms with Crippen LogP contribution in [0.3, 0.4) is 0 Å². The molecule has 0 amide bonds. The number of hydrogen-bond donors (Lipinski definition) is 0. The molecule has 0 bridgehead atoms. The molecule has 0 aliphatic heterocycles. The van der Waals surface area contributed by atoms with Crippen LogP contribution in [0.5, 0.6) is 5.75 Å². The van der Waals surface area contributed by atoms with Crippen LogP contribution < -0.4 is 4.74 Å². The topological polar surface area (TPSA) is 22.1 Å². The van der Waals surface area contributed by atoms with Gasteiger partial charge in [-0.1, -0.05) is 71.1 Å². The van der Waals surface area contributed by atoms with Gasteiger partial charge in [0, 0.05) is 17.8 Å². The summed E-state index contributed by atoms with van der Waals surface area (Å²) >= 11 is 0. The van der Waals surface area contributed by atoms with Crippen LogP contribution in [0.4, 0.5) is 0 Å². The summed E-state index contributed by atoms with van der Waals surface area (Å²) in [7, 11) is 0. The molecule has 0 fully saturated rings. The summed E-state index contributed by atoms with van der Waals surface area (Å²) in [6.07, 6.45) is 10.8. The standard InChI is InChI=1S/C23H33NO/c1-4-6-7-8-9-10-17-25-22-14-12-21(13-15-22)19(3)23-16-11-20(5-2)18-24-23/h11-16,18-19H,4-10,17H2,1-3H3. The maximum atomic E-state index is 5.87. The van der Waals surface area contributed by atoms with E-state index in [1.807, 2.05) is 6.20 Å². The van der Waals surface area contributed by atoms with Crippen molar-refractivity contribution in [1.82, 2.24) is 4.98 Å². The molecule has 0 N–H and O–H groups in total. The molecule has 0 aliphatic carbocycles. The molecule has 1 heterocycles. The molecule has 2 aromatic rings. The molecule has 0 radical (unpaired) electrons. The molecule has 2 nitrogen and oxygen atoms in total. The summed E-state index contributed by atoms with van der Waals surface area (Å²) in [5.41, 5.74) is 3.69. The van der Waals surface area contributed by atoms with E-state index in [9.17, 15) is 0 Å². The summed E-state index contributed by atoms with van der Waals surface area (Å²) in [5.74, 6) is 1.28. The van der Waals surface area contributed by atoms with Crippen molar-refractivity contribution < 1.29 is 4.74 Å². The highest BCUT2D eigenvalue weighted by Gasteiger charge is 2.10. The second-order valence-corrected chi connectivity index (χ2v) is 6.85. The Bertz CT molecular complexity index is 588. The highest BCUT2D eigenvalue weighted by molar-refractivity contribution is 5.33. The third kappa shape index (κ3) is 6.53. The van der Waals surface area contributed by atoms with Crippen molar-refractivity contribution in [2.24, 2.45) is 0 Å². The van der Waals surface area contributed by atoms with Crippen LogP contribution in [0, 0.1) is 0 Å². The van der Waals surface area contributed by atoms with Crippen molar-refractivity contribution in [2.75, 3.05) is 6.61 Å². The normalized spacial score (nSPS) is 12.1. The van der Waals surface area contributed by atoms with Crippen LogP contribution in [0.15, 0.2) is 42.6 Å². The lowest BCUT2D eigenvalue weighted by Gasteiger charge is -2.13. The SMILES string of the molecule is CCCCCCCCOc1ccc(C(C)c2ccc(CC)cn2)cc1. The predicted octanol–water partition coefficient (Wildman–Crippen LogP) is 6.54. The lowest BCUT2D eigenvalue weighted by atomic mass is 9.97. The Morgan fingerprint density at radius 2 is 1.60 bits per heavy atom. The lowest BCUT2D eigenvalue weighted by Crippen LogP contribution is -2.01. The minimum Gasteiger partial charge on any atom is -0.494 e. The van der Waals surface area contributed by atoms with Gasteiger partial charge in [-0.05, 0) is 42.2 Å². The number of benzene rings is 1. The Morgan fingerprint density at radius 1 is 0.880 bits per heavy atom. The Hall–Kier alpha value is -1.83. The number of hydrogen-bond acceptors (Lipinski definition) is 2. The summed E-state index contributed by atoms with van der Waals surface area (Å²) in [6, 6.07) is 12.8. The van der Waals surface area contributed by atoms with Crippen LogP contribution in [-0.4, -0.2) is 11.6 Å². The second-order valence-electron chi connectivity index (χ2n) is 6.85. The van der Waals surface area contributed by atoms with Gasteiger partial charge in [0.2, 0.25) is 0 Å². The number of pyridine rings is 1. The Kier molecular flexibility index (Phi) is 8.51. The molecular formula is C23H33NO. The van der Waals surface area contributed by atoms with E-state index in [4.69, 9.17) is 4.74 Å². The highest BCUT2D eigenvalue weighted by Crippen LogP contribution is 2.24. The van der Waals surface area contributed by atoms with E-state index in [1.165, 1.54) is 43.2 Å². The smallest absolute Gasteiger partial charge is 0.119 e. The quantitative estimate of drug-likeness (QED) is 0.434. The van der Waals surface area contributed by atoms with Crippen molar-refractivity contribution in [2.45, 2.75) is 71.6 Å². The zero-order valence-electron chi connectivity index (χ0n) is 16.1. The molecule has 1 aromatic heterocycles. The van der Waals surface area contributed by atoms with Gasteiger partial charge >= 0.3 is 0 Å². The summed E-state index contributed by atoms with van der Waals surface area (Å²) < 4.78 is 5.87. The van der Waals surface area contributed by atoms with E-state index in [0.717, 1.165) is 30.9 Å². The van der Waals surface area contributed by atoms with Crippen LogP contribution in [-0.2, 0) is 6.42 Å². The third-order valence-electron chi connectivity index (χ3n) is 4.85. The van der Waals surface area contributed by atoms with Crippen molar-refractivity contribution in [3.63, 3.8) is 0 Å². The molecule has 2 rings (SSSR count). The van der Waals surface area contributed by atoms with Crippen molar-refractivity contribution >= 4 is 0 Å². The van der Waals surface area contributed by atoms with Gasteiger partial charge in [0.15, 0.2) is 0 Å². The van der Waals surface area contributed by atoms with Gasteiger partial charge in [-0.15, -0.1) is 0 Å². The van der Waals surface area contributed by atoms with E-state index >= 15 is 0 Å². The fraction of sp³-hybridized carbons (Fsp3) is 0.522. The van der Waals surface area contributed by atoms with Gasteiger partial charge in [-0.3, -0.25) is 4.98 Å². The molecule has 0 saturated heterocycles. The maximum absolute atomic E-state index is 5.87. The molecule has 0 aliphatic rings. The van der Waals surface area contributed by atoms with E-state index in [0.29, 0.717) is 5.92 Å².